The first kappa shape index (κ1) is 23.7. The van der Waals surface area contributed by atoms with Crippen LogP contribution in [0.3, 0.4) is 0 Å². The molecular formula is C28H32ClN3O3. The summed E-state index contributed by atoms with van der Waals surface area (Å²) in [6, 6.07) is 15.3. The maximum atomic E-state index is 13.9. The fourth-order valence-electron chi connectivity index (χ4n) is 5.46. The van der Waals surface area contributed by atoms with E-state index in [9.17, 15) is 9.59 Å². The second-order valence-electron chi connectivity index (χ2n) is 9.94. The topological polar surface area (TPSA) is 67.5 Å². The Morgan fingerprint density at radius 1 is 1.09 bits per heavy atom. The minimum Gasteiger partial charge on any atom is -0.463 e. The highest BCUT2D eigenvalue weighted by Crippen LogP contribution is 2.34. The number of carbonyl (C=O) groups excluding carboxylic acids is 2. The number of amides is 2. The molecular weight excluding hydrogens is 462 g/mol. The van der Waals surface area contributed by atoms with Gasteiger partial charge in [-0.2, -0.15) is 0 Å². The molecule has 6 nitrogen and oxygen atoms in total. The second-order valence-corrected chi connectivity index (χ2v) is 10.4. The van der Waals surface area contributed by atoms with Gasteiger partial charge in [0.15, 0.2) is 0 Å². The second kappa shape index (κ2) is 9.94. The summed E-state index contributed by atoms with van der Waals surface area (Å²) in [5, 5.41) is 3.98. The molecule has 1 aliphatic carbocycles. The molecule has 2 aromatic heterocycles. The largest absolute Gasteiger partial charge is 0.463 e. The molecule has 1 aliphatic heterocycles. The lowest BCUT2D eigenvalue weighted by Crippen LogP contribution is -2.65. The van der Waals surface area contributed by atoms with Crippen LogP contribution in [-0.4, -0.2) is 39.4 Å². The summed E-state index contributed by atoms with van der Waals surface area (Å²) in [6.07, 6.45) is 8.90. The van der Waals surface area contributed by atoms with Gasteiger partial charge in [-0.05, 0) is 68.1 Å². The Bertz CT molecular complexity index is 1190. The Labute approximate surface area is 211 Å². The molecule has 35 heavy (non-hydrogen) atoms. The maximum absolute atomic E-state index is 13.9. The number of fused-ring (bicyclic) bond motifs is 1. The Balaban J connectivity index is 1.47. The van der Waals surface area contributed by atoms with Gasteiger partial charge in [-0.25, -0.2) is 0 Å². The third-order valence-electron chi connectivity index (χ3n) is 7.47. The molecule has 1 saturated carbocycles. The van der Waals surface area contributed by atoms with Crippen molar-refractivity contribution in [2.45, 2.75) is 70.0 Å². The Morgan fingerprint density at radius 2 is 1.86 bits per heavy atom. The first-order valence-electron chi connectivity index (χ1n) is 12.6. The summed E-state index contributed by atoms with van der Waals surface area (Å²) in [6.45, 7) is 2.68. The molecule has 1 fully saturated rings. The molecule has 5 rings (SSSR count). The number of rotatable bonds is 6. The monoisotopic (exact) mass is 493 g/mol. The van der Waals surface area contributed by atoms with E-state index in [0.29, 0.717) is 36.0 Å². The van der Waals surface area contributed by atoms with E-state index < -0.39 is 5.54 Å². The average Bonchev–Trinajstić information content (AvgIpc) is 3.44. The van der Waals surface area contributed by atoms with Crippen molar-refractivity contribution in [1.29, 1.82) is 0 Å². The van der Waals surface area contributed by atoms with Crippen LogP contribution in [0.5, 0.6) is 0 Å². The van der Waals surface area contributed by atoms with E-state index in [1.54, 1.807) is 11.2 Å². The van der Waals surface area contributed by atoms with Crippen LogP contribution in [0.25, 0.3) is 11.5 Å². The van der Waals surface area contributed by atoms with E-state index in [0.717, 1.165) is 36.9 Å². The van der Waals surface area contributed by atoms with E-state index in [2.05, 4.69) is 5.32 Å². The van der Waals surface area contributed by atoms with Crippen molar-refractivity contribution in [2.75, 3.05) is 6.54 Å². The molecule has 1 N–H and O–H groups in total. The van der Waals surface area contributed by atoms with Gasteiger partial charge in [0.05, 0.1) is 18.5 Å². The zero-order chi connectivity index (χ0) is 24.4. The van der Waals surface area contributed by atoms with Crippen molar-refractivity contribution >= 4 is 23.4 Å². The fraction of sp³-hybridized carbons (Fsp3) is 0.429. The predicted octanol–water partition coefficient (Wildman–Crippen LogP) is 5.70. The smallest absolute Gasteiger partial charge is 0.271 e. The third-order valence-corrected chi connectivity index (χ3v) is 7.71. The van der Waals surface area contributed by atoms with Gasteiger partial charge in [-0.3, -0.25) is 9.59 Å². The molecule has 3 aromatic rings. The molecule has 2 amide bonds. The van der Waals surface area contributed by atoms with Gasteiger partial charge in [-0.1, -0.05) is 49.4 Å². The molecule has 184 valence electrons. The highest BCUT2D eigenvalue weighted by molar-refractivity contribution is 6.30. The van der Waals surface area contributed by atoms with Gasteiger partial charge in [0.25, 0.3) is 5.91 Å². The normalized spacial score (nSPS) is 21.0. The summed E-state index contributed by atoms with van der Waals surface area (Å²) < 4.78 is 7.56. The first-order valence-corrected chi connectivity index (χ1v) is 12.9. The first-order chi connectivity index (χ1) is 17.0. The summed E-state index contributed by atoms with van der Waals surface area (Å²) in [4.78, 5) is 29.5. The van der Waals surface area contributed by atoms with Crippen LogP contribution in [0.2, 0.25) is 5.02 Å². The number of halogens is 1. The van der Waals surface area contributed by atoms with Crippen molar-refractivity contribution in [3.05, 3.63) is 71.1 Å². The Kier molecular flexibility index (Phi) is 6.74. The molecule has 1 unspecified atom stereocenters. The van der Waals surface area contributed by atoms with Gasteiger partial charge in [-0.15, -0.1) is 0 Å². The van der Waals surface area contributed by atoms with Crippen LogP contribution in [0.1, 0.15) is 61.5 Å². The minimum atomic E-state index is -1.03. The SMILES string of the molecule is CC1(C(=O)NC2CCCCCC2)Cn2c(ccc2-c2ccco2)C(=O)N1CCc1cccc(Cl)c1. The number of nitrogens with one attached hydrogen (secondary N) is 1. The number of hydrogen-bond donors (Lipinski definition) is 1. The number of nitrogens with zero attached hydrogens (tertiary/aromatic N) is 2. The zero-order valence-electron chi connectivity index (χ0n) is 20.1. The predicted molar refractivity (Wildman–Crippen MR) is 136 cm³/mol. The third kappa shape index (κ3) is 4.76. The maximum Gasteiger partial charge on any atom is 0.271 e. The Hall–Kier alpha value is -2.99. The van der Waals surface area contributed by atoms with E-state index in [4.69, 9.17) is 16.0 Å². The van der Waals surface area contributed by atoms with E-state index in [-0.39, 0.29) is 17.9 Å². The summed E-state index contributed by atoms with van der Waals surface area (Å²) in [7, 11) is 0. The van der Waals surface area contributed by atoms with Gasteiger partial charge >= 0.3 is 0 Å². The van der Waals surface area contributed by atoms with E-state index >= 15 is 0 Å². The molecule has 0 radical (unpaired) electrons. The molecule has 1 atom stereocenters. The number of benzene rings is 1. The van der Waals surface area contributed by atoms with Crippen LogP contribution >= 0.6 is 11.6 Å². The number of hydrogen-bond acceptors (Lipinski definition) is 3. The molecule has 7 heteroatoms. The van der Waals surface area contributed by atoms with Crippen LogP contribution in [0, 0.1) is 0 Å². The van der Waals surface area contributed by atoms with Crippen LogP contribution < -0.4 is 5.32 Å². The summed E-state index contributed by atoms with van der Waals surface area (Å²) in [5.41, 5.74) is 1.38. The van der Waals surface area contributed by atoms with Crippen LogP contribution in [-0.2, 0) is 17.8 Å². The van der Waals surface area contributed by atoms with Crippen LogP contribution in [0.4, 0.5) is 0 Å². The van der Waals surface area contributed by atoms with Gasteiger partial charge in [0, 0.05) is 17.6 Å². The lowest BCUT2D eigenvalue weighted by Gasteiger charge is -2.45. The lowest BCUT2D eigenvalue weighted by molar-refractivity contribution is -0.133. The highest BCUT2D eigenvalue weighted by Gasteiger charge is 2.48. The molecule has 3 heterocycles. The van der Waals surface area contributed by atoms with Crippen molar-refractivity contribution in [3.63, 3.8) is 0 Å². The fourth-order valence-corrected chi connectivity index (χ4v) is 5.67. The Morgan fingerprint density at radius 3 is 2.57 bits per heavy atom. The summed E-state index contributed by atoms with van der Waals surface area (Å²) >= 11 is 6.18. The van der Waals surface area contributed by atoms with Crippen LogP contribution in [0.15, 0.2) is 59.2 Å². The lowest BCUT2D eigenvalue weighted by atomic mass is 9.93. The van der Waals surface area contributed by atoms with Crippen molar-refractivity contribution in [1.82, 2.24) is 14.8 Å². The van der Waals surface area contributed by atoms with Gasteiger partial charge in [0.2, 0.25) is 5.91 Å². The molecule has 1 aromatic carbocycles. The van der Waals surface area contributed by atoms with Gasteiger partial charge in [0.1, 0.15) is 17.0 Å². The number of furan rings is 1. The van der Waals surface area contributed by atoms with E-state index in [1.807, 2.05) is 60.0 Å². The standard InChI is InChI=1S/C28H32ClN3O3/c1-28(27(34)30-22-10-4-2-3-5-11-22)19-31-23(25-12-7-17-35-25)13-14-24(31)26(33)32(28)16-15-20-8-6-9-21(29)18-20/h6-9,12-14,17-18,22H,2-5,10-11,15-16,19H2,1H3,(H,30,34). The number of aromatic nitrogens is 1. The molecule has 0 saturated heterocycles. The molecule has 0 spiro atoms. The van der Waals surface area contributed by atoms with Crippen molar-refractivity contribution < 1.29 is 14.0 Å². The van der Waals surface area contributed by atoms with E-state index in [1.165, 1.54) is 12.8 Å². The quantitative estimate of drug-likeness (QED) is 0.448. The number of carbonyl (C=O) groups is 2. The molecule has 2 aliphatic rings. The summed E-state index contributed by atoms with van der Waals surface area (Å²) in [5.74, 6) is 0.450. The highest BCUT2D eigenvalue weighted by atomic mass is 35.5. The molecule has 0 bridgehead atoms. The average molecular weight is 494 g/mol. The zero-order valence-corrected chi connectivity index (χ0v) is 20.9. The van der Waals surface area contributed by atoms with Crippen molar-refractivity contribution in [2.24, 2.45) is 0 Å². The minimum absolute atomic E-state index is 0.0893. The van der Waals surface area contributed by atoms with Gasteiger partial charge < -0.3 is 19.2 Å². The van der Waals surface area contributed by atoms with Crippen molar-refractivity contribution in [3.8, 4) is 11.5 Å².